The van der Waals surface area contributed by atoms with Gasteiger partial charge in [0.05, 0.1) is 10.7 Å². The third kappa shape index (κ3) is 3.17. The number of anilines is 1. The topological polar surface area (TPSA) is 64.9 Å². The minimum absolute atomic E-state index is 0.417. The van der Waals surface area contributed by atoms with Crippen LogP contribution in [0.4, 0.5) is 5.69 Å². The summed E-state index contributed by atoms with van der Waals surface area (Å²) in [5, 5.41) is 5.13. The summed E-state index contributed by atoms with van der Waals surface area (Å²) in [7, 11) is 0. The van der Waals surface area contributed by atoms with E-state index in [4.69, 9.17) is 33.5 Å². The molecule has 0 aliphatic carbocycles. The van der Waals surface area contributed by atoms with E-state index in [1.54, 1.807) is 18.2 Å². The molecule has 0 aliphatic rings. The van der Waals surface area contributed by atoms with Gasteiger partial charge in [-0.05, 0) is 35.9 Å². The van der Waals surface area contributed by atoms with E-state index >= 15 is 0 Å². The van der Waals surface area contributed by atoms with E-state index in [2.05, 4.69) is 10.1 Å². The molecule has 0 amide bonds. The lowest BCUT2D eigenvalue weighted by Gasteiger charge is -1.99. The summed E-state index contributed by atoms with van der Waals surface area (Å²) in [5.41, 5.74) is 7.99. The van der Waals surface area contributed by atoms with Crippen molar-refractivity contribution in [3.8, 4) is 11.5 Å². The lowest BCUT2D eigenvalue weighted by atomic mass is 10.1. The standard InChI is InChI=1S/C15H11Cl2N3O/c16-11-4-1-9(2-5-11)7-14-19-15(21-20-14)10-3-6-13(18)12(17)8-10/h1-6,8H,7,18H2. The van der Waals surface area contributed by atoms with Crippen molar-refractivity contribution >= 4 is 28.9 Å². The van der Waals surface area contributed by atoms with E-state index in [-0.39, 0.29) is 0 Å². The van der Waals surface area contributed by atoms with Crippen LogP contribution in [0.3, 0.4) is 0 Å². The summed E-state index contributed by atoms with van der Waals surface area (Å²) in [6.45, 7) is 0. The largest absolute Gasteiger partial charge is 0.398 e. The third-order valence-electron chi connectivity index (χ3n) is 2.99. The second-order valence-electron chi connectivity index (χ2n) is 4.56. The molecule has 2 aromatic carbocycles. The fourth-order valence-corrected chi connectivity index (χ4v) is 2.19. The first kappa shape index (κ1) is 13.9. The van der Waals surface area contributed by atoms with Gasteiger partial charge in [-0.2, -0.15) is 4.98 Å². The Kier molecular flexibility index (Phi) is 3.82. The lowest BCUT2D eigenvalue weighted by Crippen LogP contribution is -1.90. The van der Waals surface area contributed by atoms with Crippen molar-refractivity contribution < 1.29 is 4.52 Å². The summed E-state index contributed by atoms with van der Waals surface area (Å²) in [6.07, 6.45) is 0.573. The van der Waals surface area contributed by atoms with Crippen LogP contribution in [0.5, 0.6) is 0 Å². The molecule has 0 fully saturated rings. The molecule has 0 radical (unpaired) electrons. The van der Waals surface area contributed by atoms with Crippen molar-refractivity contribution in [2.24, 2.45) is 0 Å². The van der Waals surface area contributed by atoms with Crippen LogP contribution < -0.4 is 5.73 Å². The Labute approximate surface area is 131 Å². The molecule has 0 bridgehead atoms. The Morgan fingerprint density at radius 3 is 2.52 bits per heavy atom. The van der Waals surface area contributed by atoms with Gasteiger partial charge < -0.3 is 10.3 Å². The molecule has 1 aromatic heterocycles. The zero-order valence-corrected chi connectivity index (χ0v) is 12.4. The van der Waals surface area contributed by atoms with Crippen molar-refractivity contribution in [3.05, 3.63) is 63.9 Å². The average molecular weight is 320 g/mol. The number of nitrogen functional groups attached to an aromatic ring is 1. The van der Waals surface area contributed by atoms with Crippen LogP contribution >= 0.6 is 23.2 Å². The van der Waals surface area contributed by atoms with Gasteiger partial charge in [-0.3, -0.25) is 0 Å². The molecule has 106 valence electrons. The highest BCUT2D eigenvalue weighted by Crippen LogP contribution is 2.26. The van der Waals surface area contributed by atoms with Gasteiger partial charge >= 0.3 is 0 Å². The Hall–Kier alpha value is -2.04. The van der Waals surface area contributed by atoms with Crippen LogP contribution in [0.2, 0.25) is 10.0 Å². The van der Waals surface area contributed by atoms with Crippen LogP contribution in [0.1, 0.15) is 11.4 Å². The van der Waals surface area contributed by atoms with Gasteiger partial charge in [-0.25, -0.2) is 0 Å². The van der Waals surface area contributed by atoms with Gasteiger partial charge in [0, 0.05) is 17.0 Å². The smallest absolute Gasteiger partial charge is 0.257 e. The maximum absolute atomic E-state index is 5.99. The zero-order valence-electron chi connectivity index (χ0n) is 10.9. The minimum Gasteiger partial charge on any atom is -0.398 e. The Bertz CT molecular complexity index is 769. The van der Waals surface area contributed by atoms with Crippen molar-refractivity contribution in [1.29, 1.82) is 0 Å². The molecule has 3 rings (SSSR count). The van der Waals surface area contributed by atoms with E-state index < -0.39 is 0 Å². The second-order valence-corrected chi connectivity index (χ2v) is 5.40. The van der Waals surface area contributed by atoms with E-state index in [0.717, 1.165) is 11.1 Å². The van der Waals surface area contributed by atoms with Gasteiger partial charge in [-0.15, -0.1) is 0 Å². The van der Waals surface area contributed by atoms with Crippen LogP contribution in [-0.2, 0) is 6.42 Å². The molecule has 2 N–H and O–H groups in total. The fraction of sp³-hybridized carbons (Fsp3) is 0.0667. The first-order valence-electron chi connectivity index (χ1n) is 6.24. The van der Waals surface area contributed by atoms with Crippen LogP contribution in [0, 0.1) is 0 Å². The first-order valence-corrected chi connectivity index (χ1v) is 7.00. The maximum Gasteiger partial charge on any atom is 0.257 e. The van der Waals surface area contributed by atoms with Crippen molar-refractivity contribution in [2.45, 2.75) is 6.42 Å². The normalized spacial score (nSPS) is 10.8. The highest BCUT2D eigenvalue weighted by Gasteiger charge is 2.10. The number of rotatable bonds is 3. The quantitative estimate of drug-likeness (QED) is 0.734. The monoisotopic (exact) mass is 319 g/mol. The number of hydrogen-bond acceptors (Lipinski definition) is 4. The molecule has 3 aromatic rings. The highest BCUT2D eigenvalue weighted by atomic mass is 35.5. The summed E-state index contributed by atoms with van der Waals surface area (Å²) in [6, 6.07) is 12.7. The highest BCUT2D eigenvalue weighted by molar-refractivity contribution is 6.33. The Balaban J connectivity index is 1.82. The second kappa shape index (κ2) is 5.76. The van der Waals surface area contributed by atoms with E-state index in [0.29, 0.717) is 33.9 Å². The molecule has 0 saturated heterocycles. The van der Waals surface area contributed by atoms with Crippen molar-refractivity contribution in [2.75, 3.05) is 5.73 Å². The third-order valence-corrected chi connectivity index (χ3v) is 3.57. The number of nitrogens with two attached hydrogens (primary N) is 1. The van der Waals surface area contributed by atoms with Crippen LogP contribution in [0.15, 0.2) is 47.0 Å². The minimum atomic E-state index is 0.417. The predicted octanol–water partition coefficient (Wildman–Crippen LogP) is 4.22. The zero-order chi connectivity index (χ0) is 14.8. The summed E-state index contributed by atoms with van der Waals surface area (Å²) in [4.78, 5) is 4.36. The van der Waals surface area contributed by atoms with Gasteiger partial charge in [0.15, 0.2) is 5.82 Å². The molecule has 21 heavy (non-hydrogen) atoms. The Morgan fingerprint density at radius 1 is 1.05 bits per heavy atom. The summed E-state index contributed by atoms with van der Waals surface area (Å²) < 4.78 is 5.25. The maximum atomic E-state index is 5.99. The van der Waals surface area contributed by atoms with E-state index in [9.17, 15) is 0 Å². The number of aromatic nitrogens is 2. The molecule has 0 atom stereocenters. The van der Waals surface area contributed by atoms with E-state index in [1.807, 2.05) is 24.3 Å². The molecular formula is C15H11Cl2N3O. The SMILES string of the molecule is Nc1ccc(-c2nc(Cc3ccc(Cl)cc3)no2)cc1Cl. The van der Waals surface area contributed by atoms with Crippen molar-refractivity contribution in [1.82, 2.24) is 10.1 Å². The van der Waals surface area contributed by atoms with Gasteiger partial charge in [0.2, 0.25) is 0 Å². The molecule has 0 unspecified atom stereocenters. The lowest BCUT2D eigenvalue weighted by molar-refractivity contribution is 0.424. The van der Waals surface area contributed by atoms with Crippen molar-refractivity contribution in [3.63, 3.8) is 0 Å². The molecule has 0 spiro atoms. The number of nitrogens with zero attached hydrogens (tertiary/aromatic N) is 2. The number of hydrogen-bond donors (Lipinski definition) is 1. The average Bonchev–Trinajstić information content (AvgIpc) is 2.93. The first-order chi connectivity index (χ1) is 10.1. The summed E-state index contributed by atoms with van der Waals surface area (Å²) >= 11 is 11.8. The summed E-state index contributed by atoms with van der Waals surface area (Å²) in [5.74, 6) is 1.01. The molecule has 0 aliphatic heterocycles. The van der Waals surface area contributed by atoms with Gasteiger partial charge in [-0.1, -0.05) is 40.5 Å². The molecule has 0 saturated carbocycles. The van der Waals surface area contributed by atoms with Crippen LogP contribution in [-0.4, -0.2) is 10.1 Å². The molecule has 4 nitrogen and oxygen atoms in total. The van der Waals surface area contributed by atoms with Gasteiger partial charge in [0.25, 0.3) is 5.89 Å². The molecular weight excluding hydrogens is 309 g/mol. The van der Waals surface area contributed by atoms with Crippen LogP contribution in [0.25, 0.3) is 11.5 Å². The fourth-order valence-electron chi connectivity index (χ4n) is 1.89. The number of benzene rings is 2. The molecule has 1 heterocycles. The van der Waals surface area contributed by atoms with Gasteiger partial charge in [0.1, 0.15) is 0 Å². The Morgan fingerprint density at radius 2 is 1.81 bits per heavy atom. The molecule has 6 heteroatoms. The predicted molar refractivity (Wildman–Crippen MR) is 83.4 cm³/mol. The van der Waals surface area contributed by atoms with E-state index in [1.165, 1.54) is 0 Å². The number of halogens is 2.